The standard InChI is InChI=1S/C28H24FN3O3/c1-3-20-13-14-21(35-20)16-25-28(34-18(2)33)32-17-26(22-11-7-8-12-23(22)29)30-24(27(32)31-25)15-19-9-5-4-6-10-19/h4-14,17H,3,15-16H2,1-2H3. The maximum Gasteiger partial charge on any atom is 0.309 e. The van der Waals surface area contributed by atoms with E-state index in [0.717, 1.165) is 17.7 Å². The summed E-state index contributed by atoms with van der Waals surface area (Å²) < 4.78 is 27.9. The van der Waals surface area contributed by atoms with E-state index in [0.29, 0.717) is 46.9 Å². The van der Waals surface area contributed by atoms with E-state index in [1.807, 2.05) is 49.4 Å². The molecule has 3 heterocycles. The van der Waals surface area contributed by atoms with Crippen molar-refractivity contribution in [3.63, 3.8) is 0 Å². The molecule has 0 spiro atoms. The lowest BCUT2D eigenvalue weighted by Gasteiger charge is -2.10. The average molecular weight is 470 g/mol. The SMILES string of the molecule is CCc1ccc(Cc2nc3c(Cc4ccccc4)nc(-c4ccccc4F)cn3c2OC(C)=O)o1. The molecule has 0 fully saturated rings. The highest BCUT2D eigenvalue weighted by atomic mass is 19.1. The minimum absolute atomic E-state index is 0.274. The summed E-state index contributed by atoms with van der Waals surface area (Å²) in [7, 11) is 0. The predicted octanol–water partition coefficient (Wildman–Crippen LogP) is 5.80. The zero-order chi connectivity index (χ0) is 24.4. The molecule has 0 N–H and O–H groups in total. The van der Waals surface area contributed by atoms with Gasteiger partial charge in [-0.2, -0.15) is 0 Å². The third kappa shape index (κ3) is 4.71. The number of carbonyl (C=O) groups is 1. The molecule has 0 aliphatic heterocycles. The number of rotatable bonds is 7. The largest absolute Gasteiger partial charge is 0.466 e. The lowest BCUT2D eigenvalue weighted by molar-refractivity contribution is -0.132. The quantitative estimate of drug-likeness (QED) is 0.282. The Morgan fingerprint density at radius 2 is 1.69 bits per heavy atom. The van der Waals surface area contributed by atoms with E-state index in [4.69, 9.17) is 19.1 Å². The first kappa shape index (κ1) is 22.5. The fourth-order valence-electron chi connectivity index (χ4n) is 4.07. The number of imidazole rings is 1. The van der Waals surface area contributed by atoms with Crippen LogP contribution < -0.4 is 4.74 Å². The predicted molar refractivity (Wildman–Crippen MR) is 130 cm³/mol. The van der Waals surface area contributed by atoms with Gasteiger partial charge in [-0.15, -0.1) is 0 Å². The van der Waals surface area contributed by atoms with Crippen LogP contribution in [0.25, 0.3) is 16.9 Å². The Kier molecular flexibility index (Phi) is 6.14. The number of hydrogen-bond donors (Lipinski definition) is 0. The van der Waals surface area contributed by atoms with Crippen molar-refractivity contribution < 1.29 is 18.3 Å². The molecule has 0 saturated carbocycles. The van der Waals surface area contributed by atoms with Crippen LogP contribution in [0.5, 0.6) is 5.88 Å². The number of benzene rings is 2. The molecule has 0 saturated heterocycles. The van der Waals surface area contributed by atoms with Crippen molar-refractivity contribution in [2.75, 3.05) is 0 Å². The van der Waals surface area contributed by atoms with Crippen LogP contribution in [0.2, 0.25) is 0 Å². The van der Waals surface area contributed by atoms with Crippen LogP contribution in [0, 0.1) is 5.82 Å². The van der Waals surface area contributed by atoms with Crippen molar-refractivity contribution in [3.05, 3.63) is 107 Å². The molecule has 176 valence electrons. The highest BCUT2D eigenvalue weighted by Crippen LogP contribution is 2.30. The van der Waals surface area contributed by atoms with Gasteiger partial charge in [-0.25, -0.2) is 14.4 Å². The normalized spacial score (nSPS) is 11.2. The summed E-state index contributed by atoms with van der Waals surface area (Å²) in [5.41, 5.74) is 3.54. The summed E-state index contributed by atoms with van der Waals surface area (Å²) in [4.78, 5) is 21.6. The Morgan fingerprint density at radius 3 is 2.40 bits per heavy atom. The van der Waals surface area contributed by atoms with E-state index in [2.05, 4.69) is 0 Å². The Labute approximate surface area is 202 Å². The number of furan rings is 1. The topological polar surface area (TPSA) is 69.6 Å². The third-order valence-electron chi connectivity index (χ3n) is 5.71. The van der Waals surface area contributed by atoms with Crippen LogP contribution in [0.3, 0.4) is 0 Å². The summed E-state index contributed by atoms with van der Waals surface area (Å²) in [5.74, 6) is 0.991. The van der Waals surface area contributed by atoms with Crippen LogP contribution in [0.1, 0.15) is 42.3 Å². The van der Waals surface area contributed by atoms with E-state index >= 15 is 0 Å². The smallest absolute Gasteiger partial charge is 0.309 e. The molecular formula is C28H24FN3O3. The van der Waals surface area contributed by atoms with Crippen LogP contribution in [0.4, 0.5) is 4.39 Å². The van der Waals surface area contributed by atoms with Gasteiger partial charge in [-0.05, 0) is 29.8 Å². The van der Waals surface area contributed by atoms with Gasteiger partial charge in [0.2, 0.25) is 5.88 Å². The molecule has 5 aromatic rings. The van der Waals surface area contributed by atoms with E-state index in [9.17, 15) is 9.18 Å². The zero-order valence-corrected chi connectivity index (χ0v) is 19.5. The number of esters is 1. The van der Waals surface area contributed by atoms with Crippen molar-refractivity contribution in [2.45, 2.75) is 33.1 Å². The highest BCUT2D eigenvalue weighted by molar-refractivity contribution is 5.71. The number of aryl methyl sites for hydroxylation is 1. The van der Waals surface area contributed by atoms with Crippen LogP contribution >= 0.6 is 0 Å². The number of fused-ring (bicyclic) bond motifs is 1. The number of carbonyl (C=O) groups excluding carboxylic acids is 1. The van der Waals surface area contributed by atoms with Crippen molar-refractivity contribution in [3.8, 4) is 17.1 Å². The van der Waals surface area contributed by atoms with E-state index < -0.39 is 5.97 Å². The van der Waals surface area contributed by atoms with Gasteiger partial charge in [0.15, 0.2) is 5.65 Å². The van der Waals surface area contributed by atoms with Gasteiger partial charge in [-0.3, -0.25) is 9.20 Å². The molecule has 35 heavy (non-hydrogen) atoms. The zero-order valence-electron chi connectivity index (χ0n) is 19.5. The number of nitrogens with zero attached hydrogens (tertiary/aromatic N) is 3. The first-order chi connectivity index (χ1) is 17.0. The first-order valence-corrected chi connectivity index (χ1v) is 11.5. The molecule has 0 amide bonds. The number of hydrogen-bond acceptors (Lipinski definition) is 5. The van der Waals surface area contributed by atoms with E-state index in [1.165, 1.54) is 13.0 Å². The van der Waals surface area contributed by atoms with Crippen LogP contribution in [0.15, 0.2) is 77.3 Å². The summed E-state index contributed by atoms with van der Waals surface area (Å²) in [6.07, 6.45) is 3.25. The minimum atomic E-state index is -0.476. The molecule has 0 radical (unpaired) electrons. The Bertz CT molecular complexity index is 1500. The molecule has 0 atom stereocenters. The van der Waals surface area contributed by atoms with E-state index in [1.54, 1.807) is 28.8 Å². The first-order valence-electron chi connectivity index (χ1n) is 11.5. The molecule has 7 heteroatoms. The monoisotopic (exact) mass is 469 g/mol. The van der Waals surface area contributed by atoms with Gasteiger partial charge in [-0.1, -0.05) is 49.4 Å². The number of halogens is 1. The Balaban J connectivity index is 1.71. The molecule has 6 nitrogen and oxygen atoms in total. The molecule has 5 rings (SSSR count). The maximum atomic E-state index is 14.7. The van der Waals surface area contributed by atoms with Crippen molar-refractivity contribution in [1.82, 2.24) is 14.4 Å². The van der Waals surface area contributed by atoms with Gasteiger partial charge in [0.1, 0.15) is 23.0 Å². The average Bonchev–Trinajstić information content (AvgIpc) is 3.45. The second kappa shape index (κ2) is 9.54. The summed E-state index contributed by atoms with van der Waals surface area (Å²) in [5, 5.41) is 0. The Morgan fingerprint density at radius 1 is 0.943 bits per heavy atom. The Hall–Kier alpha value is -4.26. The molecular weight excluding hydrogens is 445 g/mol. The fraction of sp³-hybridized carbons (Fsp3) is 0.179. The van der Waals surface area contributed by atoms with Crippen molar-refractivity contribution in [1.29, 1.82) is 0 Å². The summed E-state index contributed by atoms with van der Waals surface area (Å²) in [6.45, 7) is 3.36. The molecule has 0 aliphatic rings. The molecule has 0 aliphatic carbocycles. The second-order valence-corrected chi connectivity index (χ2v) is 8.26. The molecule has 3 aromatic heterocycles. The van der Waals surface area contributed by atoms with Gasteiger partial charge >= 0.3 is 5.97 Å². The second-order valence-electron chi connectivity index (χ2n) is 8.26. The molecule has 0 bridgehead atoms. The third-order valence-corrected chi connectivity index (χ3v) is 5.71. The lowest BCUT2D eigenvalue weighted by Crippen LogP contribution is -2.07. The fourth-order valence-corrected chi connectivity index (χ4v) is 4.07. The molecule has 2 aromatic carbocycles. The summed E-state index contributed by atoms with van der Waals surface area (Å²) >= 11 is 0. The van der Waals surface area contributed by atoms with Gasteiger partial charge < -0.3 is 9.15 Å². The van der Waals surface area contributed by atoms with Crippen LogP contribution in [-0.2, 0) is 24.1 Å². The highest BCUT2D eigenvalue weighted by Gasteiger charge is 2.22. The maximum absolute atomic E-state index is 14.7. The van der Waals surface area contributed by atoms with Gasteiger partial charge in [0.05, 0.1) is 17.8 Å². The van der Waals surface area contributed by atoms with E-state index in [-0.39, 0.29) is 11.7 Å². The number of ether oxygens (including phenoxy) is 1. The number of aromatic nitrogens is 3. The summed E-state index contributed by atoms with van der Waals surface area (Å²) in [6, 6.07) is 20.1. The van der Waals surface area contributed by atoms with Gasteiger partial charge in [0, 0.05) is 31.5 Å². The van der Waals surface area contributed by atoms with Gasteiger partial charge in [0.25, 0.3) is 0 Å². The lowest BCUT2D eigenvalue weighted by atomic mass is 10.1. The van der Waals surface area contributed by atoms with Crippen LogP contribution in [-0.4, -0.2) is 20.3 Å². The molecule has 0 unspecified atom stereocenters. The minimum Gasteiger partial charge on any atom is -0.466 e. The van der Waals surface area contributed by atoms with Crippen molar-refractivity contribution in [2.24, 2.45) is 0 Å². The van der Waals surface area contributed by atoms with Crippen molar-refractivity contribution >= 4 is 11.6 Å².